The monoisotopic (exact) mass is 994 g/mol. The molecule has 0 aliphatic heterocycles. The maximum atomic E-state index is 13.2. The molecule has 4 heterocycles. The lowest BCUT2D eigenvalue weighted by atomic mass is 9.84. The molecular formula is C47H49BBrIN6O5. The number of benzene rings is 1. The lowest BCUT2D eigenvalue weighted by Crippen LogP contribution is -2.44. The van der Waals surface area contributed by atoms with Crippen molar-refractivity contribution in [2.24, 2.45) is 0 Å². The number of pyridine rings is 4. The van der Waals surface area contributed by atoms with Gasteiger partial charge in [0.2, 0.25) is 0 Å². The van der Waals surface area contributed by atoms with Crippen molar-refractivity contribution in [2.45, 2.75) is 87.4 Å². The number of hydrogen-bond acceptors (Lipinski definition) is 10. The van der Waals surface area contributed by atoms with Crippen LogP contribution in [-0.2, 0) is 10.3 Å². The summed E-state index contributed by atoms with van der Waals surface area (Å²) in [5.74, 6) is 1.03. The van der Waals surface area contributed by atoms with E-state index < -0.39 is 12.7 Å². The predicted octanol–water partition coefficient (Wildman–Crippen LogP) is 9.62. The molecule has 4 saturated carbocycles. The highest BCUT2D eigenvalue weighted by Crippen LogP contribution is 2.41. The number of amides is 1. The summed E-state index contributed by atoms with van der Waals surface area (Å²) in [6, 6.07) is 31.0. The number of nitriles is 1. The summed E-state index contributed by atoms with van der Waals surface area (Å²) in [6.07, 6.45) is 17.3. The minimum atomic E-state index is -1.04. The molecule has 0 bridgehead atoms. The first-order chi connectivity index (χ1) is 29.7. The van der Waals surface area contributed by atoms with E-state index in [9.17, 15) is 19.6 Å². The molecule has 0 saturated heterocycles. The second kappa shape index (κ2) is 23.9. The molecule has 9 rings (SSSR count). The Bertz CT molecular complexity index is 2270. The average Bonchev–Trinajstić information content (AvgIpc) is 4.16. The second-order valence-corrected chi connectivity index (χ2v) is 15.9. The Morgan fingerprint density at radius 2 is 1.33 bits per heavy atom. The molecule has 314 valence electrons. The number of nitrogens with zero attached hydrogens (tertiary/aromatic N) is 5. The molecule has 0 atom stereocenters. The van der Waals surface area contributed by atoms with E-state index in [4.69, 9.17) is 10.0 Å². The van der Waals surface area contributed by atoms with Gasteiger partial charge >= 0.3 is 7.12 Å². The summed E-state index contributed by atoms with van der Waals surface area (Å²) in [7, 11) is -1.04. The van der Waals surface area contributed by atoms with Crippen LogP contribution in [-0.4, -0.2) is 60.5 Å². The van der Waals surface area contributed by atoms with Gasteiger partial charge in [0.05, 0.1) is 11.2 Å². The van der Waals surface area contributed by atoms with Crippen molar-refractivity contribution in [2.75, 3.05) is 4.93 Å². The maximum Gasteiger partial charge on any atom is 0.454 e. The summed E-state index contributed by atoms with van der Waals surface area (Å²) >= 11 is 5.28. The molecule has 0 spiro atoms. The molecule has 0 unspecified atom stereocenters. The van der Waals surface area contributed by atoms with Crippen molar-refractivity contribution in [3.63, 3.8) is 0 Å². The van der Waals surface area contributed by atoms with Gasteiger partial charge in [-0.3, -0.25) is 24.4 Å². The molecule has 3 N–H and O–H groups in total. The maximum absolute atomic E-state index is 13.2. The summed E-state index contributed by atoms with van der Waals surface area (Å²) < 4.78 is 0.687. The van der Waals surface area contributed by atoms with Crippen molar-refractivity contribution >= 4 is 70.2 Å². The van der Waals surface area contributed by atoms with Crippen LogP contribution in [0.2, 0.25) is 5.82 Å². The molecule has 61 heavy (non-hydrogen) atoms. The molecule has 14 heteroatoms. The largest absolute Gasteiger partial charge is 0.454 e. The minimum absolute atomic E-state index is 0.0914. The fourth-order valence-corrected chi connectivity index (χ4v) is 7.10. The number of carbonyl (C=O) groups is 3. The summed E-state index contributed by atoms with van der Waals surface area (Å²) in [5, 5.41) is 29.4. The molecular weight excluding hydrogens is 946 g/mol. The molecule has 4 aliphatic carbocycles. The smallest absolute Gasteiger partial charge is 0.427 e. The third-order valence-corrected chi connectivity index (χ3v) is 10.9. The van der Waals surface area contributed by atoms with Crippen LogP contribution in [0, 0.1) is 11.3 Å². The molecule has 1 aromatic carbocycles. The fourth-order valence-electron chi connectivity index (χ4n) is 6.74. The van der Waals surface area contributed by atoms with Gasteiger partial charge in [-0.1, -0.05) is 96.8 Å². The number of aromatic nitrogens is 4. The van der Waals surface area contributed by atoms with Crippen molar-refractivity contribution in [3.05, 3.63) is 148 Å². The zero-order valence-electron chi connectivity index (χ0n) is 34.0. The standard InChI is InChI=1S/C28H26N4O.C9H9NO.C6H4BrNO.C3H7BO2.CH3I/c29-18-23(17-25-6-3-7-26(31-25)21-8-9-21)27(33)32-28(14-1-2-15-28)24-12-10-20(11-13-24)22-5-4-16-30-19-22;11-6-8-2-1-3-9(10-8)7-4-5-7;7-6-3-1-2-5(4-9)8-6;5-4(6)3-1-2-3;1-2/h3-7,10-13,16-17,19,21H,1-2,8-9,14-15H2,(H,32,33);1-3,6-7H,4-5H2;1-4H;3,5-6H,1-2H2;1H3/b23-17+;;;;. The quantitative estimate of drug-likeness (QED) is 0.0232. The Hall–Kier alpha value is -4.95. The van der Waals surface area contributed by atoms with E-state index in [0.29, 0.717) is 39.8 Å². The van der Waals surface area contributed by atoms with Crippen molar-refractivity contribution < 1.29 is 24.4 Å². The van der Waals surface area contributed by atoms with E-state index in [1.165, 1.54) is 12.8 Å². The minimum Gasteiger partial charge on any atom is -0.427 e. The van der Waals surface area contributed by atoms with E-state index >= 15 is 0 Å². The van der Waals surface area contributed by atoms with Gasteiger partial charge in [-0.05, 0) is 130 Å². The summed E-state index contributed by atoms with van der Waals surface area (Å²) in [4.78, 5) is 52.4. The predicted molar refractivity (Wildman–Crippen MR) is 250 cm³/mol. The summed E-state index contributed by atoms with van der Waals surface area (Å²) in [5.41, 5.74) is 6.64. The van der Waals surface area contributed by atoms with Gasteiger partial charge in [0.1, 0.15) is 27.6 Å². The van der Waals surface area contributed by atoms with Crippen molar-refractivity contribution in [1.82, 2.24) is 25.3 Å². The van der Waals surface area contributed by atoms with E-state index in [1.54, 1.807) is 36.5 Å². The van der Waals surface area contributed by atoms with Gasteiger partial charge in [-0.15, -0.1) is 0 Å². The van der Waals surface area contributed by atoms with E-state index in [1.807, 2.05) is 53.6 Å². The Labute approximate surface area is 380 Å². The third-order valence-electron chi connectivity index (χ3n) is 10.5. The van der Waals surface area contributed by atoms with Gasteiger partial charge in [0.25, 0.3) is 5.91 Å². The average molecular weight is 996 g/mol. The Morgan fingerprint density at radius 3 is 1.79 bits per heavy atom. The summed E-state index contributed by atoms with van der Waals surface area (Å²) in [6.45, 7) is 0. The molecule has 11 nitrogen and oxygen atoms in total. The van der Waals surface area contributed by atoms with Gasteiger partial charge in [0, 0.05) is 35.6 Å². The van der Waals surface area contributed by atoms with Crippen molar-refractivity contribution in [1.29, 1.82) is 5.26 Å². The zero-order chi connectivity index (χ0) is 43.6. The van der Waals surface area contributed by atoms with E-state index in [2.05, 4.69) is 94.1 Å². The van der Waals surface area contributed by atoms with E-state index in [0.717, 1.165) is 85.7 Å². The highest BCUT2D eigenvalue weighted by atomic mass is 127. The van der Waals surface area contributed by atoms with Crippen molar-refractivity contribution in [3.8, 4) is 17.2 Å². The molecule has 4 fully saturated rings. The first-order valence-corrected chi connectivity index (χ1v) is 23.3. The van der Waals surface area contributed by atoms with Crippen LogP contribution < -0.4 is 5.32 Å². The van der Waals surface area contributed by atoms with Crippen LogP contribution in [0.1, 0.15) is 120 Å². The lowest BCUT2D eigenvalue weighted by Gasteiger charge is -2.31. The van der Waals surface area contributed by atoms with Crippen LogP contribution in [0.4, 0.5) is 0 Å². The number of aldehydes is 2. The molecule has 4 aliphatic rings. The van der Waals surface area contributed by atoms with Gasteiger partial charge in [-0.25, -0.2) is 9.97 Å². The van der Waals surface area contributed by atoms with Gasteiger partial charge in [0.15, 0.2) is 12.6 Å². The number of rotatable bonds is 10. The van der Waals surface area contributed by atoms with E-state index in [-0.39, 0.29) is 17.3 Å². The Kier molecular flexibility index (Phi) is 18.5. The van der Waals surface area contributed by atoms with Crippen LogP contribution >= 0.6 is 38.5 Å². The van der Waals surface area contributed by atoms with Crippen LogP contribution in [0.5, 0.6) is 0 Å². The lowest BCUT2D eigenvalue weighted by molar-refractivity contribution is -0.119. The SMILES string of the molecule is CI.N#C/C(=C\c1cccc(C2CC2)n1)C(=O)NC1(c2ccc(-c3cccnc3)cc2)CCCC1.O=Cc1cccc(Br)n1.O=Cc1cccc(C2CC2)n1.OB(O)C1CC1. The highest BCUT2D eigenvalue weighted by Gasteiger charge is 2.38. The molecule has 0 radical (unpaired) electrons. The number of hydrogen-bond donors (Lipinski definition) is 3. The Balaban J connectivity index is 0.000000202. The zero-order valence-corrected chi connectivity index (χ0v) is 37.8. The van der Waals surface area contributed by atoms with Crippen LogP contribution in [0.25, 0.3) is 17.2 Å². The second-order valence-electron chi connectivity index (χ2n) is 15.1. The van der Waals surface area contributed by atoms with Crippen LogP contribution in [0.15, 0.2) is 114 Å². The fraction of sp³-hybridized carbons (Fsp3) is 0.319. The highest BCUT2D eigenvalue weighted by molar-refractivity contribution is 14.1. The van der Waals surface area contributed by atoms with Gasteiger partial charge in [-0.2, -0.15) is 5.26 Å². The Morgan fingerprint density at radius 1 is 0.770 bits per heavy atom. The number of carbonyl (C=O) groups excluding carboxylic acids is 3. The normalized spacial score (nSPS) is 15.8. The molecule has 4 aromatic heterocycles. The number of nitrogens with one attached hydrogen (secondary N) is 1. The molecule has 1 amide bonds. The van der Waals surface area contributed by atoms with Crippen LogP contribution in [0.3, 0.4) is 0 Å². The number of alkyl halides is 1. The first kappa shape index (κ1) is 47.1. The first-order valence-electron chi connectivity index (χ1n) is 20.4. The topological polar surface area (TPSA) is 179 Å². The molecule has 5 aromatic rings. The van der Waals surface area contributed by atoms with Gasteiger partial charge < -0.3 is 15.4 Å². The number of halogens is 2. The third kappa shape index (κ3) is 14.9.